The van der Waals surface area contributed by atoms with Gasteiger partial charge in [-0.15, -0.1) is 10.2 Å². The number of fused-ring (bicyclic) bond motifs is 1. The standard InChI is InChI=1S/C11H13ClN4/c1-6-7(2)16-9(5-8-3-4-8)14-15-11(16)10(12)13-6/h8H,3-5H2,1-2H3. The Hall–Kier alpha value is -1.16. The highest BCUT2D eigenvalue weighted by Gasteiger charge is 2.25. The molecule has 1 aliphatic carbocycles. The second kappa shape index (κ2) is 3.42. The van der Waals surface area contributed by atoms with Crippen molar-refractivity contribution in [2.24, 2.45) is 5.92 Å². The van der Waals surface area contributed by atoms with Gasteiger partial charge in [-0.1, -0.05) is 11.6 Å². The zero-order valence-electron chi connectivity index (χ0n) is 9.37. The van der Waals surface area contributed by atoms with Gasteiger partial charge in [-0.25, -0.2) is 4.98 Å². The van der Waals surface area contributed by atoms with Gasteiger partial charge >= 0.3 is 0 Å². The van der Waals surface area contributed by atoms with E-state index in [-0.39, 0.29) is 0 Å². The molecule has 0 saturated heterocycles. The van der Waals surface area contributed by atoms with Crippen LogP contribution in [0.25, 0.3) is 5.65 Å². The lowest BCUT2D eigenvalue weighted by Gasteiger charge is -2.06. The number of aromatic nitrogens is 4. The van der Waals surface area contributed by atoms with E-state index in [4.69, 9.17) is 11.6 Å². The Morgan fingerprint density at radius 2 is 2.06 bits per heavy atom. The summed E-state index contributed by atoms with van der Waals surface area (Å²) in [5.41, 5.74) is 2.70. The molecule has 4 nitrogen and oxygen atoms in total. The molecule has 0 aliphatic heterocycles. The molecule has 16 heavy (non-hydrogen) atoms. The molecule has 3 rings (SSSR count). The van der Waals surface area contributed by atoms with E-state index in [9.17, 15) is 0 Å². The van der Waals surface area contributed by atoms with Gasteiger partial charge in [0.2, 0.25) is 0 Å². The molecule has 0 bridgehead atoms. The number of aryl methyl sites for hydroxylation is 2. The van der Waals surface area contributed by atoms with E-state index in [1.54, 1.807) is 0 Å². The van der Waals surface area contributed by atoms with Crippen molar-refractivity contribution in [1.82, 2.24) is 19.6 Å². The van der Waals surface area contributed by atoms with Gasteiger partial charge in [0, 0.05) is 12.1 Å². The molecule has 0 spiro atoms. The van der Waals surface area contributed by atoms with Gasteiger partial charge in [-0.3, -0.25) is 4.40 Å². The number of rotatable bonds is 2. The summed E-state index contributed by atoms with van der Waals surface area (Å²) in [7, 11) is 0. The van der Waals surface area contributed by atoms with E-state index in [1.165, 1.54) is 12.8 Å². The van der Waals surface area contributed by atoms with Gasteiger partial charge in [0.15, 0.2) is 10.8 Å². The van der Waals surface area contributed by atoms with Crippen LogP contribution in [0.1, 0.15) is 30.1 Å². The van der Waals surface area contributed by atoms with Crippen LogP contribution in [0.3, 0.4) is 0 Å². The van der Waals surface area contributed by atoms with E-state index >= 15 is 0 Å². The Kier molecular flexibility index (Phi) is 2.14. The Bertz CT molecular complexity index is 557. The van der Waals surface area contributed by atoms with Crippen LogP contribution in [-0.4, -0.2) is 19.6 Å². The van der Waals surface area contributed by atoms with Gasteiger partial charge in [0.25, 0.3) is 0 Å². The molecular formula is C11H13ClN4. The van der Waals surface area contributed by atoms with Crippen molar-refractivity contribution in [2.75, 3.05) is 0 Å². The molecule has 1 fully saturated rings. The molecule has 0 N–H and O–H groups in total. The number of halogens is 1. The summed E-state index contributed by atoms with van der Waals surface area (Å²) in [4.78, 5) is 4.25. The predicted molar refractivity (Wildman–Crippen MR) is 61.7 cm³/mol. The van der Waals surface area contributed by atoms with Gasteiger partial charge in [-0.05, 0) is 32.6 Å². The van der Waals surface area contributed by atoms with Crippen LogP contribution >= 0.6 is 11.6 Å². The fraction of sp³-hybridized carbons (Fsp3) is 0.545. The predicted octanol–water partition coefficient (Wildman–Crippen LogP) is 2.35. The lowest BCUT2D eigenvalue weighted by atomic mass is 10.2. The molecule has 84 valence electrons. The van der Waals surface area contributed by atoms with E-state index in [1.807, 2.05) is 18.2 Å². The van der Waals surface area contributed by atoms with Gasteiger partial charge < -0.3 is 0 Å². The lowest BCUT2D eigenvalue weighted by molar-refractivity contribution is 0.749. The molecule has 5 heteroatoms. The van der Waals surface area contributed by atoms with E-state index < -0.39 is 0 Å². The second-order valence-corrected chi connectivity index (χ2v) is 4.85. The average molecular weight is 237 g/mol. The third-order valence-corrected chi connectivity index (χ3v) is 3.46. The Labute approximate surface area is 98.7 Å². The first-order valence-electron chi connectivity index (χ1n) is 5.53. The summed E-state index contributed by atoms with van der Waals surface area (Å²) in [5, 5.41) is 8.79. The van der Waals surface area contributed by atoms with Crippen molar-refractivity contribution in [3.63, 3.8) is 0 Å². The number of hydrogen-bond donors (Lipinski definition) is 0. The van der Waals surface area contributed by atoms with Crippen LogP contribution in [0.2, 0.25) is 5.15 Å². The zero-order chi connectivity index (χ0) is 11.3. The van der Waals surface area contributed by atoms with Crippen LogP contribution in [0.5, 0.6) is 0 Å². The molecule has 2 aromatic rings. The Morgan fingerprint density at radius 3 is 2.75 bits per heavy atom. The average Bonchev–Trinajstić information content (AvgIpc) is 2.93. The Balaban J connectivity index is 2.22. The summed E-state index contributed by atoms with van der Waals surface area (Å²) in [6, 6.07) is 0. The van der Waals surface area contributed by atoms with Crippen LogP contribution < -0.4 is 0 Å². The highest BCUT2D eigenvalue weighted by Crippen LogP contribution is 2.32. The zero-order valence-corrected chi connectivity index (χ0v) is 10.1. The minimum Gasteiger partial charge on any atom is -0.279 e. The summed E-state index contributed by atoms with van der Waals surface area (Å²) in [6.45, 7) is 3.99. The number of nitrogens with zero attached hydrogens (tertiary/aromatic N) is 4. The Morgan fingerprint density at radius 1 is 1.31 bits per heavy atom. The van der Waals surface area contributed by atoms with E-state index in [0.717, 1.165) is 29.6 Å². The first-order chi connectivity index (χ1) is 7.66. The maximum Gasteiger partial charge on any atom is 0.198 e. The normalized spacial score (nSPS) is 15.9. The quantitative estimate of drug-likeness (QED) is 0.804. The largest absolute Gasteiger partial charge is 0.279 e. The van der Waals surface area contributed by atoms with Gasteiger partial charge in [0.05, 0.1) is 5.69 Å². The van der Waals surface area contributed by atoms with Crippen LogP contribution in [0.15, 0.2) is 0 Å². The fourth-order valence-electron chi connectivity index (χ4n) is 1.95. The third kappa shape index (κ3) is 1.48. The highest BCUT2D eigenvalue weighted by atomic mass is 35.5. The second-order valence-electron chi connectivity index (χ2n) is 4.50. The molecule has 1 aliphatic rings. The van der Waals surface area contributed by atoms with Crippen molar-refractivity contribution in [3.05, 3.63) is 22.4 Å². The molecule has 0 radical (unpaired) electrons. The molecule has 0 unspecified atom stereocenters. The minimum absolute atomic E-state index is 0.442. The summed E-state index contributed by atoms with van der Waals surface area (Å²) in [6.07, 6.45) is 3.62. The van der Waals surface area contributed by atoms with Gasteiger partial charge in [0.1, 0.15) is 5.82 Å². The molecule has 2 heterocycles. The summed E-state index contributed by atoms with van der Waals surface area (Å²) in [5.74, 6) is 1.81. The maximum atomic E-state index is 6.07. The summed E-state index contributed by atoms with van der Waals surface area (Å²) >= 11 is 6.07. The molecule has 0 aromatic carbocycles. The first-order valence-corrected chi connectivity index (χ1v) is 5.91. The van der Waals surface area contributed by atoms with Crippen molar-refractivity contribution in [1.29, 1.82) is 0 Å². The molecule has 0 atom stereocenters. The van der Waals surface area contributed by atoms with Gasteiger partial charge in [-0.2, -0.15) is 0 Å². The van der Waals surface area contributed by atoms with Crippen LogP contribution in [0, 0.1) is 19.8 Å². The topological polar surface area (TPSA) is 43.1 Å². The van der Waals surface area contributed by atoms with Crippen LogP contribution in [-0.2, 0) is 6.42 Å². The van der Waals surface area contributed by atoms with Crippen molar-refractivity contribution >= 4 is 17.2 Å². The smallest absolute Gasteiger partial charge is 0.198 e. The van der Waals surface area contributed by atoms with Crippen molar-refractivity contribution in [2.45, 2.75) is 33.1 Å². The van der Waals surface area contributed by atoms with Crippen molar-refractivity contribution < 1.29 is 0 Å². The number of hydrogen-bond acceptors (Lipinski definition) is 3. The van der Waals surface area contributed by atoms with Crippen LogP contribution in [0.4, 0.5) is 0 Å². The molecule has 1 saturated carbocycles. The lowest BCUT2D eigenvalue weighted by Crippen LogP contribution is -2.03. The molecular weight excluding hydrogens is 224 g/mol. The first kappa shape index (κ1) is 10.0. The maximum absolute atomic E-state index is 6.07. The third-order valence-electron chi connectivity index (χ3n) is 3.21. The van der Waals surface area contributed by atoms with E-state index in [2.05, 4.69) is 15.2 Å². The monoisotopic (exact) mass is 236 g/mol. The molecule has 0 amide bonds. The molecule has 2 aromatic heterocycles. The minimum atomic E-state index is 0.442. The van der Waals surface area contributed by atoms with Crippen molar-refractivity contribution in [3.8, 4) is 0 Å². The SMILES string of the molecule is Cc1nc(Cl)c2nnc(CC3CC3)n2c1C. The summed E-state index contributed by atoms with van der Waals surface area (Å²) < 4.78 is 2.04. The highest BCUT2D eigenvalue weighted by molar-refractivity contribution is 6.32. The van der Waals surface area contributed by atoms with E-state index in [0.29, 0.717) is 10.8 Å². The fourth-order valence-corrected chi connectivity index (χ4v) is 2.20.